The highest BCUT2D eigenvalue weighted by molar-refractivity contribution is 5.87. The molecule has 0 aliphatic carbocycles. The molecule has 2 atom stereocenters. The first-order valence-corrected chi connectivity index (χ1v) is 4.42. The number of aliphatic hydroxyl groups excluding tert-OH is 1. The quantitative estimate of drug-likeness (QED) is 0.639. The lowest BCUT2D eigenvalue weighted by molar-refractivity contribution is -0.158. The van der Waals surface area contributed by atoms with Crippen LogP contribution in [0.25, 0.3) is 0 Å². The number of hydrogen-bond acceptors (Lipinski definition) is 4. The maximum Gasteiger partial charge on any atom is 0.335 e. The summed E-state index contributed by atoms with van der Waals surface area (Å²) in [5.74, 6) is -1.54. The number of Topliss-reactive ketones (excluding diaryl/α,β-unsaturated/α-hetero) is 1. The van der Waals surface area contributed by atoms with Gasteiger partial charge in [0.2, 0.25) is 0 Å². The normalized spacial score (nSPS) is 14.8. The van der Waals surface area contributed by atoms with Gasteiger partial charge < -0.3 is 9.84 Å². The molecule has 0 aliphatic heterocycles. The Morgan fingerprint density at radius 1 is 1.38 bits per heavy atom. The van der Waals surface area contributed by atoms with Gasteiger partial charge in [0.15, 0.2) is 6.10 Å². The molecule has 0 aliphatic rings. The third-order valence-corrected chi connectivity index (χ3v) is 1.86. The molecule has 13 heavy (non-hydrogen) atoms. The smallest absolute Gasteiger partial charge is 0.335 e. The van der Waals surface area contributed by atoms with E-state index in [-0.39, 0.29) is 12.4 Å². The monoisotopic (exact) mass is 188 g/mol. The fourth-order valence-corrected chi connectivity index (χ4v) is 0.930. The SMILES string of the molecule is CCOC(=O)[C@H](O)[C@H](C)C(=O)CC. The molecule has 0 saturated carbocycles. The van der Waals surface area contributed by atoms with Crippen molar-refractivity contribution in [2.45, 2.75) is 33.3 Å². The Morgan fingerprint density at radius 3 is 2.31 bits per heavy atom. The third kappa shape index (κ3) is 3.55. The Labute approximate surface area is 77.9 Å². The predicted molar refractivity (Wildman–Crippen MR) is 47.1 cm³/mol. The zero-order chi connectivity index (χ0) is 10.4. The van der Waals surface area contributed by atoms with Gasteiger partial charge in [-0.3, -0.25) is 4.79 Å². The van der Waals surface area contributed by atoms with Crippen LogP contribution in [-0.2, 0) is 14.3 Å². The van der Waals surface area contributed by atoms with Gasteiger partial charge in [-0.1, -0.05) is 13.8 Å². The van der Waals surface area contributed by atoms with Gasteiger partial charge in [0.05, 0.1) is 12.5 Å². The zero-order valence-corrected chi connectivity index (χ0v) is 8.24. The molecule has 0 spiro atoms. The first kappa shape index (κ1) is 12.1. The average molecular weight is 188 g/mol. The molecule has 0 amide bonds. The molecule has 0 aromatic rings. The maximum absolute atomic E-state index is 11.1. The van der Waals surface area contributed by atoms with Crippen LogP contribution >= 0.6 is 0 Å². The summed E-state index contributed by atoms with van der Waals surface area (Å²) in [6.45, 7) is 5.07. The van der Waals surface area contributed by atoms with Crippen molar-refractivity contribution in [3.8, 4) is 0 Å². The maximum atomic E-state index is 11.1. The van der Waals surface area contributed by atoms with Crippen LogP contribution in [0.5, 0.6) is 0 Å². The zero-order valence-electron chi connectivity index (χ0n) is 8.24. The van der Waals surface area contributed by atoms with Crippen molar-refractivity contribution in [2.75, 3.05) is 6.61 Å². The molecular formula is C9H16O4. The van der Waals surface area contributed by atoms with Crippen molar-refractivity contribution in [3.63, 3.8) is 0 Å². The number of carbonyl (C=O) groups is 2. The summed E-state index contributed by atoms with van der Waals surface area (Å²) < 4.78 is 4.58. The van der Waals surface area contributed by atoms with E-state index in [9.17, 15) is 14.7 Å². The molecule has 0 rings (SSSR count). The summed E-state index contributed by atoms with van der Waals surface area (Å²) in [4.78, 5) is 22.1. The Bertz CT molecular complexity index is 188. The first-order chi connectivity index (χ1) is 6.04. The summed E-state index contributed by atoms with van der Waals surface area (Å²) in [5.41, 5.74) is 0. The Balaban J connectivity index is 4.16. The van der Waals surface area contributed by atoms with Crippen molar-refractivity contribution in [2.24, 2.45) is 5.92 Å². The fourth-order valence-electron chi connectivity index (χ4n) is 0.930. The van der Waals surface area contributed by atoms with E-state index < -0.39 is 18.0 Å². The van der Waals surface area contributed by atoms with Gasteiger partial charge in [-0.25, -0.2) is 4.79 Å². The topological polar surface area (TPSA) is 63.6 Å². The second kappa shape index (κ2) is 5.70. The van der Waals surface area contributed by atoms with Crippen molar-refractivity contribution in [1.29, 1.82) is 0 Å². The van der Waals surface area contributed by atoms with Crippen LogP contribution in [0.4, 0.5) is 0 Å². The Hall–Kier alpha value is -0.900. The summed E-state index contributed by atoms with van der Waals surface area (Å²) >= 11 is 0. The van der Waals surface area contributed by atoms with E-state index in [2.05, 4.69) is 4.74 Å². The van der Waals surface area contributed by atoms with Crippen molar-refractivity contribution >= 4 is 11.8 Å². The molecule has 0 saturated heterocycles. The van der Waals surface area contributed by atoms with Crippen LogP contribution in [-0.4, -0.2) is 29.6 Å². The number of hydrogen-bond donors (Lipinski definition) is 1. The van der Waals surface area contributed by atoms with Crippen LogP contribution in [0.2, 0.25) is 0 Å². The van der Waals surface area contributed by atoms with Crippen molar-refractivity contribution < 1.29 is 19.4 Å². The molecule has 0 unspecified atom stereocenters. The van der Waals surface area contributed by atoms with Gasteiger partial charge in [-0.2, -0.15) is 0 Å². The first-order valence-electron chi connectivity index (χ1n) is 4.42. The van der Waals surface area contributed by atoms with E-state index in [1.165, 1.54) is 6.92 Å². The van der Waals surface area contributed by atoms with Crippen molar-refractivity contribution in [3.05, 3.63) is 0 Å². The Kier molecular flexibility index (Phi) is 5.30. The van der Waals surface area contributed by atoms with Crippen LogP contribution in [0.1, 0.15) is 27.2 Å². The number of carbonyl (C=O) groups excluding carboxylic acids is 2. The van der Waals surface area contributed by atoms with Gasteiger partial charge in [0.1, 0.15) is 5.78 Å². The molecule has 76 valence electrons. The lowest BCUT2D eigenvalue weighted by atomic mass is 9.98. The minimum Gasteiger partial charge on any atom is -0.464 e. The molecule has 0 radical (unpaired) electrons. The van der Waals surface area contributed by atoms with E-state index in [0.29, 0.717) is 6.42 Å². The summed E-state index contributed by atoms with van der Waals surface area (Å²) in [6, 6.07) is 0. The highest BCUT2D eigenvalue weighted by Gasteiger charge is 2.27. The van der Waals surface area contributed by atoms with Crippen LogP contribution in [0.3, 0.4) is 0 Å². The largest absolute Gasteiger partial charge is 0.464 e. The highest BCUT2D eigenvalue weighted by atomic mass is 16.5. The van der Waals surface area contributed by atoms with E-state index in [1.807, 2.05) is 0 Å². The second-order valence-corrected chi connectivity index (χ2v) is 2.81. The van der Waals surface area contributed by atoms with Gasteiger partial charge in [-0.15, -0.1) is 0 Å². The van der Waals surface area contributed by atoms with Crippen molar-refractivity contribution in [1.82, 2.24) is 0 Å². The molecule has 4 nitrogen and oxygen atoms in total. The minimum absolute atomic E-state index is 0.138. The number of ketones is 1. The van der Waals surface area contributed by atoms with Crippen LogP contribution in [0.15, 0.2) is 0 Å². The third-order valence-electron chi connectivity index (χ3n) is 1.86. The summed E-state index contributed by atoms with van der Waals surface area (Å²) in [6.07, 6.45) is -1.01. The number of ether oxygens (including phenoxy) is 1. The van der Waals surface area contributed by atoms with Crippen LogP contribution < -0.4 is 0 Å². The van der Waals surface area contributed by atoms with Gasteiger partial charge >= 0.3 is 5.97 Å². The van der Waals surface area contributed by atoms with E-state index in [1.54, 1.807) is 13.8 Å². The Morgan fingerprint density at radius 2 is 1.92 bits per heavy atom. The molecule has 4 heteroatoms. The number of aliphatic hydroxyl groups is 1. The van der Waals surface area contributed by atoms with E-state index >= 15 is 0 Å². The lowest BCUT2D eigenvalue weighted by Gasteiger charge is -2.15. The predicted octanol–water partition coefficient (Wildman–Crippen LogP) is 0.526. The summed E-state index contributed by atoms with van der Waals surface area (Å²) in [7, 11) is 0. The van der Waals surface area contributed by atoms with E-state index in [4.69, 9.17) is 0 Å². The molecule has 0 aromatic heterocycles. The lowest BCUT2D eigenvalue weighted by Crippen LogP contribution is -2.34. The fraction of sp³-hybridized carbons (Fsp3) is 0.778. The molecule has 0 fully saturated rings. The van der Waals surface area contributed by atoms with E-state index in [0.717, 1.165) is 0 Å². The molecule has 0 bridgehead atoms. The highest BCUT2D eigenvalue weighted by Crippen LogP contribution is 2.08. The molecule has 0 aromatic carbocycles. The van der Waals surface area contributed by atoms with Gasteiger partial charge in [0, 0.05) is 6.42 Å². The molecule has 0 heterocycles. The number of rotatable bonds is 5. The average Bonchev–Trinajstić information content (AvgIpc) is 2.14. The van der Waals surface area contributed by atoms with Gasteiger partial charge in [-0.05, 0) is 6.92 Å². The summed E-state index contributed by atoms with van der Waals surface area (Å²) in [5, 5.41) is 9.32. The number of esters is 1. The molecule has 1 N–H and O–H groups in total. The molecular weight excluding hydrogens is 172 g/mol. The second-order valence-electron chi connectivity index (χ2n) is 2.81. The van der Waals surface area contributed by atoms with Gasteiger partial charge in [0.25, 0.3) is 0 Å². The minimum atomic E-state index is -1.33. The van der Waals surface area contributed by atoms with Crippen LogP contribution in [0, 0.1) is 5.92 Å². The standard InChI is InChI=1S/C9H16O4/c1-4-7(10)6(3)8(11)9(12)13-5-2/h6,8,11H,4-5H2,1-3H3/t6-,8-/m1/s1.